The fourth-order valence-electron chi connectivity index (χ4n) is 3.15. The van der Waals surface area contributed by atoms with Crippen molar-refractivity contribution in [2.45, 2.75) is 13.0 Å². The van der Waals surface area contributed by atoms with Gasteiger partial charge in [-0.1, -0.05) is 48.0 Å². The topological polar surface area (TPSA) is 76.1 Å². The molecule has 4 rings (SSSR count). The molecular weight excluding hydrogens is 360 g/mol. The summed E-state index contributed by atoms with van der Waals surface area (Å²) in [6.45, 7) is 2.01. The number of carbonyl (C=O) groups is 1. The van der Waals surface area contributed by atoms with Crippen LogP contribution in [0.2, 0.25) is 0 Å². The number of aryl methyl sites for hydroxylation is 1. The van der Waals surface area contributed by atoms with E-state index in [4.69, 9.17) is 0 Å². The predicted octanol–water partition coefficient (Wildman–Crippen LogP) is 3.25. The lowest BCUT2D eigenvalue weighted by Crippen LogP contribution is -2.35. The minimum Gasteiger partial charge on any atom is -0.345 e. The van der Waals surface area contributed by atoms with Gasteiger partial charge in [0.25, 0.3) is 5.91 Å². The Morgan fingerprint density at radius 1 is 1.11 bits per heavy atom. The van der Waals surface area contributed by atoms with Crippen molar-refractivity contribution in [3.05, 3.63) is 77.2 Å². The lowest BCUT2D eigenvalue weighted by molar-refractivity contribution is 0.0949. The Balaban J connectivity index is 1.75. The molecule has 1 aromatic heterocycles. The Morgan fingerprint density at radius 3 is 2.56 bits per heavy atom. The summed E-state index contributed by atoms with van der Waals surface area (Å²) in [6, 6.07) is 16.6. The molecule has 136 valence electrons. The number of pyridine rings is 1. The van der Waals surface area contributed by atoms with Gasteiger partial charge in [0.2, 0.25) is 0 Å². The Labute approximate surface area is 157 Å². The lowest BCUT2D eigenvalue weighted by atomic mass is 10.0. The van der Waals surface area contributed by atoms with Gasteiger partial charge in [0, 0.05) is 16.4 Å². The number of rotatable bonds is 3. The van der Waals surface area contributed by atoms with Crippen LogP contribution < -0.4 is 5.32 Å². The van der Waals surface area contributed by atoms with Crippen molar-refractivity contribution in [2.24, 2.45) is 0 Å². The molecular formula is C21H18N2O3S. The Kier molecular flexibility index (Phi) is 4.28. The van der Waals surface area contributed by atoms with Crippen LogP contribution in [0.25, 0.3) is 22.2 Å². The highest BCUT2D eigenvalue weighted by Crippen LogP contribution is 2.25. The monoisotopic (exact) mass is 378 g/mol. The van der Waals surface area contributed by atoms with E-state index in [1.54, 1.807) is 6.07 Å². The second-order valence-corrected chi connectivity index (χ2v) is 8.61. The molecule has 0 saturated heterocycles. The third-order valence-electron chi connectivity index (χ3n) is 4.55. The van der Waals surface area contributed by atoms with Gasteiger partial charge in [-0.25, -0.2) is 13.4 Å². The molecule has 1 unspecified atom stereocenters. The van der Waals surface area contributed by atoms with Crippen LogP contribution in [-0.2, 0) is 9.84 Å². The zero-order valence-electron chi connectivity index (χ0n) is 14.7. The smallest absolute Gasteiger partial charge is 0.252 e. The molecule has 1 amide bonds. The number of para-hydroxylation sites is 1. The number of hydrogen-bond acceptors (Lipinski definition) is 4. The largest absolute Gasteiger partial charge is 0.345 e. The molecule has 1 aliphatic rings. The normalized spacial score (nSPS) is 17.9. The first-order valence-corrected chi connectivity index (χ1v) is 10.3. The first-order valence-electron chi connectivity index (χ1n) is 8.60. The molecule has 6 heteroatoms. The molecule has 5 nitrogen and oxygen atoms in total. The quantitative estimate of drug-likeness (QED) is 0.759. The number of nitrogens with one attached hydrogen (secondary N) is 1. The van der Waals surface area contributed by atoms with E-state index in [1.165, 1.54) is 6.08 Å². The Morgan fingerprint density at radius 2 is 1.85 bits per heavy atom. The fraction of sp³-hybridized carbons (Fsp3) is 0.143. The summed E-state index contributed by atoms with van der Waals surface area (Å²) in [4.78, 5) is 17.6. The molecule has 0 radical (unpaired) electrons. The van der Waals surface area contributed by atoms with Crippen molar-refractivity contribution >= 4 is 26.6 Å². The minimum atomic E-state index is -3.23. The first kappa shape index (κ1) is 17.4. The number of nitrogens with zero attached hydrogens (tertiary/aromatic N) is 1. The number of hydrogen-bond donors (Lipinski definition) is 1. The highest BCUT2D eigenvalue weighted by molar-refractivity contribution is 7.94. The molecule has 1 atom stereocenters. The number of amides is 1. The average Bonchev–Trinajstić information content (AvgIpc) is 2.99. The Bertz CT molecular complexity index is 1170. The first-order chi connectivity index (χ1) is 12.9. The predicted molar refractivity (Wildman–Crippen MR) is 106 cm³/mol. The lowest BCUT2D eigenvalue weighted by Gasteiger charge is -2.13. The van der Waals surface area contributed by atoms with E-state index in [0.29, 0.717) is 11.3 Å². The molecule has 27 heavy (non-hydrogen) atoms. The molecule has 0 spiro atoms. The van der Waals surface area contributed by atoms with Crippen molar-refractivity contribution < 1.29 is 13.2 Å². The molecule has 1 N–H and O–H groups in total. The standard InChI is InChI=1S/C21H18N2O3S/c1-14-6-8-15(9-7-14)20-12-18(17-4-2-3-5-19(17)23-20)21(24)22-16-10-11-27(25,26)13-16/h2-12,16H,13H2,1H3,(H,22,24). The zero-order valence-corrected chi connectivity index (χ0v) is 15.5. The molecule has 0 bridgehead atoms. The summed E-state index contributed by atoms with van der Waals surface area (Å²) in [5.41, 5.74) is 3.97. The van der Waals surface area contributed by atoms with E-state index in [9.17, 15) is 13.2 Å². The second-order valence-electron chi connectivity index (χ2n) is 6.68. The fourth-order valence-corrected chi connectivity index (χ4v) is 4.38. The maximum absolute atomic E-state index is 12.9. The number of sulfone groups is 1. The van der Waals surface area contributed by atoms with Gasteiger partial charge in [0.05, 0.1) is 28.6 Å². The number of aromatic nitrogens is 1. The highest BCUT2D eigenvalue weighted by atomic mass is 32.2. The van der Waals surface area contributed by atoms with Gasteiger partial charge in [0.1, 0.15) is 0 Å². The molecule has 2 aromatic carbocycles. The number of carbonyl (C=O) groups excluding carboxylic acids is 1. The minimum absolute atomic E-state index is 0.105. The number of benzene rings is 2. The molecule has 2 heterocycles. The zero-order chi connectivity index (χ0) is 19.0. The molecule has 0 aliphatic carbocycles. The van der Waals surface area contributed by atoms with Crippen LogP contribution in [0.3, 0.4) is 0 Å². The summed E-state index contributed by atoms with van der Waals surface area (Å²) in [7, 11) is -3.23. The molecule has 0 saturated carbocycles. The summed E-state index contributed by atoms with van der Waals surface area (Å²) < 4.78 is 23.2. The Hall–Kier alpha value is -2.99. The molecule has 1 aliphatic heterocycles. The number of fused-ring (bicyclic) bond motifs is 1. The summed E-state index contributed by atoms with van der Waals surface area (Å²) >= 11 is 0. The maximum Gasteiger partial charge on any atom is 0.252 e. The van der Waals surface area contributed by atoms with Crippen LogP contribution in [0.4, 0.5) is 0 Å². The molecule has 0 fully saturated rings. The van der Waals surface area contributed by atoms with Crippen molar-refractivity contribution in [3.8, 4) is 11.3 Å². The van der Waals surface area contributed by atoms with Gasteiger partial charge in [-0.15, -0.1) is 0 Å². The van der Waals surface area contributed by atoms with Crippen LogP contribution in [0.5, 0.6) is 0 Å². The third kappa shape index (κ3) is 3.61. The van der Waals surface area contributed by atoms with Crippen LogP contribution in [0.15, 0.2) is 66.1 Å². The van der Waals surface area contributed by atoms with E-state index in [-0.39, 0.29) is 11.7 Å². The van der Waals surface area contributed by atoms with Gasteiger partial charge < -0.3 is 5.32 Å². The van der Waals surface area contributed by atoms with Gasteiger partial charge in [0.15, 0.2) is 9.84 Å². The highest BCUT2D eigenvalue weighted by Gasteiger charge is 2.24. The second kappa shape index (κ2) is 6.63. The van der Waals surface area contributed by atoms with Crippen molar-refractivity contribution in [1.29, 1.82) is 0 Å². The van der Waals surface area contributed by atoms with E-state index in [1.807, 2.05) is 55.5 Å². The van der Waals surface area contributed by atoms with Gasteiger partial charge >= 0.3 is 0 Å². The summed E-state index contributed by atoms with van der Waals surface area (Å²) in [5.74, 6) is -0.416. The molecule has 3 aromatic rings. The van der Waals surface area contributed by atoms with Gasteiger partial charge in [-0.05, 0) is 25.1 Å². The van der Waals surface area contributed by atoms with Crippen LogP contribution in [0.1, 0.15) is 15.9 Å². The van der Waals surface area contributed by atoms with Crippen LogP contribution >= 0.6 is 0 Å². The average molecular weight is 378 g/mol. The third-order valence-corrected chi connectivity index (χ3v) is 5.95. The van der Waals surface area contributed by atoms with Crippen molar-refractivity contribution in [2.75, 3.05) is 5.75 Å². The van der Waals surface area contributed by atoms with Gasteiger partial charge in [-0.2, -0.15) is 0 Å². The summed E-state index contributed by atoms with van der Waals surface area (Å²) in [6.07, 6.45) is 1.51. The van der Waals surface area contributed by atoms with Crippen molar-refractivity contribution in [1.82, 2.24) is 10.3 Å². The van der Waals surface area contributed by atoms with E-state index in [0.717, 1.165) is 27.4 Å². The SMILES string of the molecule is Cc1ccc(-c2cc(C(=O)NC3C=CS(=O)(=O)C3)c3ccccc3n2)cc1. The van der Waals surface area contributed by atoms with E-state index >= 15 is 0 Å². The van der Waals surface area contributed by atoms with E-state index in [2.05, 4.69) is 10.3 Å². The van der Waals surface area contributed by atoms with Crippen LogP contribution in [0, 0.1) is 6.92 Å². The maximum atomic E-state index is 12.9. The van der Waals surface area contributed by atoms with E-state index < -0.39 is 15.9 Å². The van der Waals surface area contributed by atoms with Crippen molar-refractivity contribution in [3.63, 3.8) is 0 Å². The summed E-state index contributed by atoms with van der Waals surface area (Å²) in [5, 5.41) is 4.68. The van der Waals surface area contributed by atoms with Gasteiger partial charge in [-0.3, -0.25) is 4.79 Å². The van der Waals surface area contributed by atoms with Crippen LogP contribution in [-0.4, -0.2) is 31.1 Å².